The average Bonchev–Trinajstić information content (AvgIpc) is 2.66. The number of carbonyl (C=O) groups excluding carboxylic acids is 1. The Morgan fingerprint density at radius 3 is 2.58 bits per heavy atom. The number of benzene rings is 2. The van der Waals surface area contributed by atoms with E-state index in [-0.39, 0.29) is 11.7 Å². The molecule has 0 bridgehead atoms. The number of para-hydroxylation sites is 1. The van der Waals surface area contributed by atoms with Crippen LogP contribution in [0.2, 0.25) is 5.02 Å². The number of thioether (sulfide) groups is 1. The zero-order valence-electron chi connectivity index (χ0n) is 14.5. The molecule has 1 fully saturated rings. The van der Waals surface area contributed by atoms with Crippen molar-refractivity contribution in [3.8, 4) is 0 Å². The Hall–Kier alpha value is -1.72. The van der Waals surface area contributed by atoms with Crippen LogP contribution < -0.4 is 4.90 Å². The van der Waals surface area contributed by atoms with E-state index < -0.39 is 0 Å². The zero-order chi connectivity index (χ0) is 18.4. The van der Waals surface area contributed by atoms with Gasteiger partial charge in [-0.2, -0.15) is 11.8 Å². The summed E-state index contributed by atoms with van der Waals surface area (Å²) in [5.74, 6) is 1.62. The highest BCUT2D eigenvalue weighted by Gasteiger charge is 2.22. The fourth-order valence-electron chi connectivity index (χ4n) is 3.04. The van der Waals surface area contributed by atoms with Gasteiger partial charge in [-0.3, -0.25) is 4.79 Å². The molecular weight excluding hydrogens is 371 g/mol. The van der Waals surface area contributed by atoms with Crippen LogP contribution in [0.25, 0.3) is 0 Å². The molecule has 0 atom stereocenters. The van der Waals surface area contributed by atoms with Gasteiger partial charge < -0.3 is 9.80 Å². The van der Waals surface area contributed by atoms with Crippen molar-refractivity contribution in [3.05, 3.63) is 64.9 Å². The second-order valence-corrected chi connectivity index (χ2v) is 7.79. The monoisotopic (exact) mass is 392 g/mol. The van der Waals surface area contributed by atoms with Crippen LogP contribution in [0.4, 0.5) is 10.1 Å². The Balaban J connectivity index is 1.39. The van der Waals surface area contributed by atoms with Crippen LogP contribution in [0.15, 0.2) is 48.5 Å². The molecule has 0 N–H and O–H groups in total. The Morgan fingerprint density at radius 2 is 1.85 bits per heavy atom. The Labute approximate surface area is 163 Å². The molecule has 1 aliphatic heterocycles. The number of piperazine rings is 1. The molecule has 3 rings (SSSR count). The van der Waals surface area contributed by atoms with Crippen molar-refractivity contribution in [2.24, 2.45) is 0 Å². The first-order chi connectivity index (χ1) is 12.6. The second-order valence-electron chi connectivity index (χ2n) is 6.25. The van der Waals surface area contributed by atoms with Gasteiger partial charge in [0.15, 0.2) is 0 Å². The fourth-order valence-corrected chi connectivity index (χ4v) is 4.13. The third kappa shape index (κ3) is 5.15. The first-order valence-electron chi connectivity index (χ1n) is 8.73. The van der Waals surface area contributed by atoms with Crippen molar-refractivity contribution in [1.29, 1.82) is 0 Å². The van der Waals surface area contributed by atoms with Gasteiger partial charge in [0.05, 0.1) is 5.69 Å². The molecule has 2 aromatic carbocycles. The van der Waals surface area contributed by atoms with Crippen LogP contribution in [0.1, 0.15) is 12.0 Å². The third-order valence-electron chi connectivity index (χ3n) is 4.44. The molecule has 0 aromatic heterocycles. The highest BCUT2D eigenvalue weighted by molar-refractivity contribution is 7.98. The molecule has 0 unspecified atom stereocenters. The smallest absolute Gasteiger partial charge is 0.223 e. The summed E-state index contributed by atoms with van der Waals surface area (Å²) in [7, 11) is 0. The molecule has 1 saturated heterocycles. The summed E-state index contributed by atoms with van der Waals surface area (Å²) < 4.78 is 13.9. The maximum Gasteiger partial charge on any atom is 0.223 e. The molecule has 3 nitrogen and oxygen atoms in total. The Kier molecular flexibility index (Phi) is 6.80. The largest absolute Gasteiger partial charge is 0.366 e. The van der Waals surface area contributed by atoms with E-state index in [0.29, 0.717) is 38.3 Å². The van der Waals surface area contributed by atoms with Crippen molar-refractivity contribution < 1.29 is 9.18 Å². The maximum absolute atomic E-state index is 13.9. The predicted molar refractivity (Wildman–Crippen MR) is 107 cm³/mol. The number of carbonyl (C=O) groups is 1. The van der Waals surface area contributed by atoms with Gasteiger partial charge >= 0.3 is 0 Å². The highest BCUT2D eigenvalue weighted by Crippen LogP contribution is 2.21. The lowest BCUT2D eigenvalue weighted by molar-refractivity contribution is -0.131. The first kappa shape index (κ1) is 19.1. The molecule has 6 heteroatoms. The van der Waals surface area contributed by atoms with Gasteiger partial charge in [0, 0.05) is 49.1 Å². The van der Waals surface area contributed by atoms with E-state index in [1.54, 1.807) is 23.9 Å². The number of halogens is 2. The lowest BCUT2D eigenvalue weighted by Gasteiger charge is -2.36. The van der Waals surface area contributed by atoms with Crippen LogP contribution in [0.5, 0.6) is 0 Å². The summed E-state index contributed by atoms with van der Waals surface area (Å²) in [6, 6.07) is 14.6. The van der Waals surface area contributed by atoms with Gasteiger partial charge in [0.2, 0.25) is 5.91 Å². The topological polar surface area (TPSA) is 23.6 Å². The number of rotatable bonds is 6. The first-order valence-corrected chi connectivity index (χ1v) is 10.3. The van der Waals surface area contributed by atoms with E-state index in [0.717, 1.165) is 16.5 Å². The third-order valence-corrected chi connectivity index (χ3v) is 5.71. The number of hydrogen-bond donors (Lipinski definition) is 0. The molecule has 0 radical (unpaired) electrons. The quantitative estimate of drug-likeness (QED) is 0.678. The van der Waals surface area contributed by atoms with Crippen LogP contribution in [0, 0.1) is 5.82 Å². The van der Waals surface area contributed by atoms with E-state index in [1.807, 2.05) is 40.1 Å². The van der Waals surface area contributed by atoms with Crippen LogP contribution in [-0.2, 0) is 10.5 Å². The summed E-state index contributed by atoms with van der Waals surface area (Å²) in [5, 5.41) is 0.743. The molecular formula is C20H22ClFN2OS. The van der Waals surface area contributed by atoms with Crippen molar-refractivity contribution in [2.45, 2.75) is 12.2 Å². The standard InChI is InChI=1S/C20H22ClFN2OS/c21-17-5-3-4-16(14-17)15-26-13-8-20(25)24-11-9-23(10-12-24)19-7-2-1-6-18(19)22/h1-7,14H,8-13,15H2. The molecule has 1 amide bonds. The molecule has 1 heterocycles. The average molecular weight is 393 g/mol. The molecule has 0 aliphatic carbocycles. The van der Waals surface area contributed by atoms with Crippen molar-refractivity contribution in [1.82, 2.24) is 4.90 Å². The van der Waals surface area contributed by atoms with Gasteiger partial charge in [0.1, 0.15) is 5.82 Å². The summed E-state index contributed by atoms with van der Waals surface area (Å²) in [6.45, 7) is 2.63. The minimum atomic E-state index is -0.204. The normalized spacial score (nSPS) is 14.5. The number of nitrogens with zero attached hydrogens (tertiary/aromatic N) is 2. The zero-order valence-corrected chi connectivity index (χ0v) is 16.1. The highest BCUT2D eigenvalue weighted by atomic mass is 35.5. The molecule has 26 heavy (non-hydrogen) atoms. The lowest BCUT2D eigenvalue weighted by Crippen LogP contribution is -2.49. The molecule has 1 aliphatic rings. The van der Waals surface area contributed by atoms with E-state index in [2.05, 4.69) is 0 Å². The predicted octanol–water partition coefficient (Wildman–Crippen LogP) is 4.45. The van der Waals surface area contributed by atoms with E-state index >= 15 is 0 Å². The van der Waals surface area contributed by atoms with E-state index in [9.17, 15) is 9.18 Å². The van der Waals surface area contributed by atoms with Crippen LogP contribution in [0.3, 0.4) is 0 Å². The molecule has 138 valence electrons. The van der Waals surface area contributed by atoms with Gasteiger partial charge in [-0.1, -0.05) is 35.9 Å². The maximum atomic E-state index is 13.9. The second kappa shape index (κ2) is 9.28. The molecule has 0 spiro atoms. The molecule has 2 aromatic rings. The minimum Gasteiger partial charge on any atom is -0.366 e. The van der Waals surface area contributed by atoms with Crippen LogP contribution >= 0.6 is 23.4 Å². The van der Waals surface area contributed by atoms with Crippen molar-refractivity contribution in [3.63, 3.8) is 0 Å². The van der Waals surface area contributed by atoms with Gasteiger partial charge in [-0.25, -0.2) is 4.39 Å². The Bertz CT molecular complexity index is 750. The summed E-state index contributed by atoms with van der Waals surface area (Å²) in [4.78, 5) is 16.3. The van der Waals surface area contributed by atoms with Gasteiger partial charge in [-0.15, -0.1) is 0 Å². The summed E-state index contributed by atoms with van der Waals surface area (Å²) >= 11 is 7.72. The SMILES string of the molecule is O=C(CCSCc1cccc(Cl)c1)N1CCN(c2ccccc2F)CC1. The van der Waals surface area contributed by atoms with Crippen molar-refractivity contribution in [2.75, 3.05) is 36.8 Å². The van der Waals surface area contributed by atoms with E-state index in [1.165, 1.54) is 11.6 Å². The summed E-state index contributed by atoms with van der Waals surface area (Å²) in [6.07, 6.45) is 0.533. The molecule has 0 saturated carbocycles. The van der Waals surface area contributed by atoms with Gasteiger partial charge in [0.25, 0.3) is 0 Å². The van der Waals surface area contributed by atoms with Crippen molar-refractivity contribution >= 4 is 35.0 Å². The minimum absolute atomic E-state index is 0.178. The van der Waals surface area contributed by atoms with Crippen LogP contribution in [-0.4, -0.2) is 42.7 Å². The summed E-state index contributed by atoms with van der Waals surface area (Å²) in [5.41, 5.74) is 1.80. The fraction of sp³-hybridized carbons (Fsp3) is 0.350. The number of amides is 1. The van der Waals surface area contributed by atoms with Gasteiger partial charge in [-0.05, 0) is 29.8 Å². The number of anilines is 1. The lowest BCUT2D eigenvalue weighted by atomic mass is 10.2. The Morgan fingerprint density at radius 1 is 1.08 bits per heavy atom. The number of hydrogen-bond acceptors (Lipinski definition) is 3. The van der Waals surface area contributed by atoms with E-state index in [4.69, 9.17) is 11.6 Å².